The largest absolute Gasteiger partial charge is 0.315 e. The average Bonchev–Trinajstić information content (AvgIpc) is 2.76. The van der Waals surface area contributed by atoms with Crippen LogP contribution >= 0.6 is 0 Å². The predicted octanol–water partition coefficient (Wildman–Crippen LogP) is 2.54. The number of nitrogens with zero attached hydrogens (tertiary/aromatic N) is 1. The van der Waals surface area contributed by atoms with E-state index in [1.165, 1.54) is 37.8 Å². The Morgan fingerprint density at radius 1 is 1.17 bits per heavy atom. The van der Waals surface area contributed by atoms with Gasteiger partial charge in [-0.2, -0.15) is 0 Å². The zero-order valence-electron chi connectivity index (χ0n) is 10.8. The number of halogens is 1. The number of hydrogen-bond acceptors (Lipinski definition) is 2. The molecule has 1 atom stereocenters. The number of nitrogens with one attached hydrogen (secondary N) is 1. The van der Waals surface area contributed by atoms with Crippen LogP contribution in [-0.2, 0) is 6.54 Å². The summed E-state index contributed by atoms with van der Waals surface area (Å²) in [5.74, 6) is -0.144. The minimum atomic E-state index is -0.144. The third-order valence-electron chi connectivity index (χ3n) is 4.48. The molecule has 1 N–H and O–H groups in total. The Kier molecular flexibility index (Phi) is 3.35. The Balaban J connectivity index is 1.73. The Morgan fingerprint density at radius 2 is 1.94 bits per heavy atom. The van der Waals surface area contributed by atoms with E-state index in [-0.39, 0.29) is 5.82 Å². The lowest BCUT2D eigenvalue weighted by molar-refractivity contribution is 0.0982. The van der Waals surface area contributed by atoms with Crippen LogP contribution in [0.4, 0.5) is 4.39 Å². The van der Waals surface area contributed by atoms with Crippen LogP contribution in [0.3, 0.4) is 0 Å². The van der Waals surface area contributed by atoms with Crippen LogP contribution in [0, 0.1) is 5.82 Å². The minimum absolute atomic E-state index is 0.144. The van der Waals surface area contributed by atoms with Crippen molar-refractivity contribution in [2.75, 3.05) is 19.6 Å². The normalized spacial score (nSPS) is 28.9. The fourth-order valence-corrected chi connectivity index (χ4v) is 3.49. The lowest BCUT2D eigenvalue weighted by Crippen LogP contribution is -2.53. The van der Waals surface area contributed by atoms with Crippen molar-refractivity contribution in [1.82, 2.24) is 10.2 Å². The van der Waals surface area contributed by atoms with Crippen LogP contribution in [0.25, 0.3) is 0 Å². The number of likely N-dealkylation sites (tertiary alicyclic amines) is 1. The van der Waals surface area contributed by atoms with Crippen LogP contribution in [0.5, 0.6) is 0 Å². The molecular weight excluding hydrogens is 227 g/mol. The summed E-state index contributed by atoms with van der Waals surface area (Å²) in [6, 6.07) is 6.96. The van der Waals surface area contributed by atoms with E-state index in [0.717, 1.165) is 19.6 Å². The molecule has 1 aromatic carbocycles. The molecule has 0 aliphatic carbocycles. The standard InChI is InChI=1S/C15H21FN2/c16-14-5-3-13(4-6-14)11-18-10-2-8-15(18)7-1-9-17-12-15/h3-6,17H,1-2,7-12H2. The van der Waals surface area contributed by atoms with Crippen LogP contribution in [0.15, 0.2) is 24.3 Å². The molecule has 18 heavy (non-hydrogen) atoms. The molecule has 2 heterocycles. The van der Waals surface area contributed by atoms with Crippen LogP contribution < -0.4 is 5.32 Å². The summed E-state index contributed by atoms with van der Waals surface area (Å²) >= 11 is 0. The third-order valence-corrected chi connectivity index (χ3v) is 4.48. The van der Waals surface area contributed by atoms with E-state index in [0.29, 0.717) is 5.54 Å². The topological polar surface area (TPSA) is 15.3 Å². The average molecular weight is 248 g/mol. The van der Waals surface area contributed by atoms with Crippen molar-refractivity contribution in [2.24, 2.45) is 0 Å². The van der Waals surface area contributed by atoms with Gasteiger partial charge < -0.3 is 5.32 Å². The first-order chi connectivity index (χ1) is 8.78. The summed E-state index contributed by atoms with van der Waals surface area (Å²) in [7, 11) is 0. The van der Waals surface area contributed by atoms with Crippen LogP contribution in [0.1, 0.15) is 31.2 Å². The molecule has 1 unspecified atom stereocenters. The minimum Gasteiger partial charge on any atom is -0.315 e. The SMILES string of the molecule is Fc1ccc(CN2CCCC23CCCNC3)cc1. The molecular formula is C15H21FN2. The van der Waals surface area contributed by atoms with E-state index in [9.17, 15) is 4.39 Å². The van der Waals surface area contributed by atoms with Crippen LogP contribution in [0.2, 0.25) is 0 Å². The van der Waals surface area contributed by atoms with Crippen molar-refractivity contribution in [1.29, 1.82) is 0 Å². The van der Waals surface area contributed by atoms with E-state index in [4.69, 9.17) is 0 Å². The maximum Gasteiger partial charge on any atom is 0.123 e. The Hall–Kier alpha value is -0.930. The molecule has 0 bridgehead atoms. The van der Waals surface area contributed by atoms with Gasteiger partial charge in [0.25, 0.3) is 0 Å². The van der Waals surface area contributed by atoms with Gasteiger partial charge in [0, 0.05) is 18.6 Å². The Morgan fingerprint density at radius 3 is 2.67 bits per heavy atom. The quantitative estimate of drug-likeness (QED) is 0.865. The molecule has 0 saturated carbocycles. The van der Waals surface area contributed by atoms with Crippen molar-refractivity contribution in [3.63, 3.8) is 0 Å². The fourth-order valence-electron chi connectivity index (χ4n) is 3.49. The maximum absolute atomic E-state index is 12.9. The Labute approximate surface area is 108 Å². The number of benzene rings is 1. The first kappa shape index (κ1) is 12.1. The van der Waals surface area contributed by atoms with Gasteiger partial charge >= 0.3 is 0 Å². The molecule has 1 spiro atoms. The number of piperidine rings is 1. The molecule has 2 nitrogen and oxygen atoms in total. The molecule has 2 aliphatic rings. The lowest BCUT2D eigenvalue weighted by atomic mass is 9.87. The Bertz CT molecular complexity index is 395. The van der Waals surface area contributed by atoms with E-state index in [1.54, 1.807) is 12.1 Å². The molecule has 0 aromatic heterocycles. The summed E-state index contributed by atoms with van der Waals surface area (Å²) in [5, 5.41) is 3.54. The van der Waals surface area contributed by atoms with Gasteiger partial charge in [0.2, 0.25) is 0 Å². The van der Waals surface area contributed by atoms with Gasteiger partial charge in [0.15, 0.2) is 0 Å². The summed E-state index contributed by atoms with van der Waals surface area (Å²) in [6.07, 6.45) is 5.19. The first-order valence-electron chi connectivity index (χ1n) is 6.99. The highest BCUT2D eigenvalue weighted by atomic mass is 19.1. The van der Waals surface area contributed by atoms with Gasteiger partial charge in [-0.05, 0) is 56.5 Å². The molecule has 98 valence electrons. The van der Waals surface area contributed by atoms with E-state index in [2.05, 4.69) is 10.2 Å². The zero-order chi connectivity index (χ0) is 12.4. The van der Waals surface area contributed by atoms with Gasteiger partial charge in [-0.3, -0.25) is 4.90 Å². The summed E-state index contributed by atoms with van der Waals surface area (Å²) < 4.78 is 12.9. The number of hydrogen-bond donors (Lipinski definition) is 1. The smallest absolute Gasteiger partial charge is 0.123 e. The van der Waals surface area contributed by atoms with Gasteiger partial charge in [0.1, 0.15) is 5.82 Å². The summed E-state index contributed by atoms with van der Waals surface area (Å²) in [5.41, 5.74) is 1.59. The monoisotopic (exact) mass is 248 g/mol. The van der Waals surface area contributed by atoms with E-state index >= 15 is 0 Å². The van der Waals surface area contributed by atoms with Crippen molar-refractivity contribution < 1.29 is 4.39 Å². The third kappa shape index (κ3) is 2.29. The highest BCUT2D eigenvalue weighted by Gasteiger charge is 2.41. The molecule has 2 fully saturated rings. The summed E-state index contributed by atoms with van der Waals surface area (Å²) in [6.45, 7) is 4.42. The van der Waals surface area contributed by atoms with E-state index in [1.807, 2.05) is 12.1 Å². The van der Waals surface area contributed by atoms with Crippen molar-refractivity contribution in [3.8, 4) is 0 Å². The highest BCUT2D eigenvalue weighted by molar-refractivity contribution is 5.17. The molecule has 2 saturated heterocycles. The molecule has 0 amide bonds. The number of rotatable bonds is 2. The van der Waals surface area contributed by atoms with Gasteiger partial charge in [0.05, 0.1) is 0 Å². The molecule has 1 aromatic rings. The lowest BCUT2D eigenvalue weighted by Gasteiger charge is -2.42. The van der Waals surface area contributed by atoms with Crippen molar-refractivity contribution in [3.05, 3.63) is 35.6 Å². The van der Waals surface area contributed by atoms with Crippen molar-refractivity contribution in [2.45, 2.75) is 37.8 Å². The van der Waals surface area contributed by atoms with Crippen LogP contribution in [-0.4, -0.2) is 30.1 Å². The second kappa shape index (κ2) is 4.98. The maximum atomic E-state index is 12.9. The summed E-state index contributed by atoms with van der Waals surface area (Å²) in [4.78, 5) is 2.60. The molecule has 3 heteroatoms. The highest BCUT2D eigenvalue weighted by Crippen LogP contribution is 2.35. The second-order valence-corrected chi connectivity index (χ2v) is 5.66. The zero-order valence-corrected chi connectivity index (χ0v) is 10.8. The van der Waals surface area contributed by atoms with Gasteiger partial charge in [-0.1, -0.05) is 12.1 Å². The molecule has 2 aliphatic heterocycles. The second-order valence-electron chi connectivity index (χ2n) is 5.66. The van der Waals surface area contributed by atoms with Gasteiger partial charge in [-0.25, -0.2) is 4.39 Å². The molecule has 3 rings (SSSR count). The van der Waals surface area contributed by atoms with E-state index < -0.39 is 0 Å². The van der Waals surface area contributed by atoms with Gasteiger partial charge in [-0.15, -0.1) is 0 Å². The predicted molar refractivity (Wildman–Crippen MR) is 70.9 cm³/mol. The van der Waals surface area contributed by atoms with Crippen molar-refractivity contribution >= 4 is 0 Å². The first-order valence-corrected chi connectivity index (χ1v) is 6.99. The fraction of sp³-hybridized carbons (Fsp3) is 0.600. The molecule has 0 radical (unpaired) electrons.